The van der Waals surface area contributed by atoms with Crippen LogP contribution in [0.25, 0.3) is 33.2 Å². The highest BCUT2D eigenvalue weighted by Gasteiger charge is 2.27. The van der Waals surface area contributed by atoms with Gasteiger partial charge in [-0.3, -0.25) is 0 Å². The van der Waals surface area contributed by atoms with Crippen LogP contribution in [0.1, 0.15) is 46.1 Å². The quantitative estimate of drug-likeness (QED) is 0.207. The van der Waals surface area contributed by atoms with Gasteiger partial charge in [-0.25, -0.2) is 14.2 Å². The standard InChI is InChI=1S/C32H33N3O6/c1-5-6-16-39-31(38)35-27-15-13-24(40-20-21-10-8-7-9-11-21)19-25(27)29(33-35)28-18-22-17-23(36)12-14-26(22)34(28)30(37)41-32(2,3)4/h7-15,17-19,36H,5-6,16,20H2,1-4H3. The summed E-state index contributed by atoms with van der Waals surface area (Å²) in [6.45, 7) is 7.99. The Bertz CT molecular complexity index is 1710. The van der Waals surface area contributed by atoms with E-state index in [0.29, 0.717) is 45.6 Å². The molecule has 0 aliphatic carbocycles. The predicted octanol–water partition coefficient (Wildman–Crippen LogP) is 7.51. The largest absolute Gasteiger partial charge is 0.508 e. The Balaban J connectivity index is 1.67. The molecule has 9 nitrogen and oxygen atoms in total. The molecule has 2 aromatic heterocycles. The van der Waals surface area contributed by atoms with Crippen LogP contribution >= 0.6 is 0 Å². The highest BCUT2D eigenvalue weighted by Crippen LogP contribution is 2.36. The number of ether oxygens (including phenoxy) is 3. The second kappa shape index (κ2) is 11.4. The predicted molar refractivity (Wildman–Crippen MR) is 156 cm³/mol. The summed E-state index contributed by atoms with van der Waals surface area (Å²) in [5.74, 6) is 0.621. The van der Waals surface area contributed by atoms with Crippen molar-refractivity contribution in [3.8, 4) is 22.9 Å². The number of carbonyl (C=O) groups is 2. The molecule has 1 N–H and O–H groups in total. The van der Waals surface area contributed by atoms with Gasteiger partial charge in [0.05, 0.1) is 23.3 Å². The molecular weight excluding hydrogens is 522 g/mol. The minimum atomic E-state index is -0.759. The third-order valence-electron chi connectivity index (χ3n) is 6.40. The molecule has 2 heterocycles. The molecular formula is C32H33N3O6. The number of carbonyl (C=O) groups excluding carboxylic acids is 2. The molecule has 0 saturated carbocycles. The van der Waals surface area contributed by atoms with Crippen LogP contribution in [0.5, 0.6) is 11.5 Å². The lowest BCUT2D eigenvalue weighted by Crippen LogP contribution is -2.27. The van der Waals surface area contributed by atoms with Gasteiger partial charge in [0.15, 0.2) is 0 Å². The minimum absolute atomic E-state index is 0.0527. The zero-order chi connectivity index (χ0) is 29.1. The van der Waals surface area contributed by atoms with E-state index in [9.17, 15) is 14.7 Å². The summed E-state index contributed by atoms with van der Waals surface area (Å²) >= 11 is 0. The van der Waals surface area contributed by atoms with E-state index in [1.54, 1.807) is 57.2 Å². The van der Waals surface area contributed by atoms with Crippen LogP contribution in [0.4, 0.5) is 9.59 Å². The van der Waals surface area contributed by atoms with Crippen molar-refractivity contribution in [3.05, 3.63) is 78.4 Å². The first-order chi connectivity index (χ1) is 19.6. The highest BCUT2D eigenvalue weighted by atomic mass is 16.6. The maximum Gasteiger partial charge on any atom is 0.435 e. The summed E-state index contributed by atoms with van der Waals surface area (Å²) in [6.07, 6.45) is 0.373. The second-order valence-corrected chi connectivity index (χ2v) is 10.8. The number of hydrogen-bond donors (Lipinski definition) is 1. The number of phenols is 1. The van der Waals surface area contributed by atoms with Gasteiger partial charge >= 0.3 is 12.2 Å². The van der Waals surface area contributed by atoms with Crippen LogP contribution in [0.15, 0.2) is 72.8 Å². The zero-order valence-electron chi connectivity index (χ0n) is 23.6. The number of nitrogens with zero attached hydrogens (tertiary/aromatic N) is 3. The van der Waals surface area contributed by atoms with E-state index in [-0.39, 0.29) is 12.4 Å². The average Bonchev–Trinajstić information content (AvgIpc) is 3.49. The van der Waals surface area contributed by atoms with Crippen LogP contribution in [-0.4, -0.2) is 43.8 Å². The van der Waals surface area contributed by atoms with E-state index in [4.69, 9.17) is 14.2 Å². The fourth-order valence-electron chi connectivity index (χ4n) is 4.50. The molecule has 5 aromatic rings. The summed E-state index contributed by atoms with van der Waals surface area (Å²) in [5, 5.41) is 16.0. The first kappa shape index (κ1) is 27.8. The van der Waals surface area contributed by atoms with Crippen molar-refractivity contribution in [1.29, 1.82) is 0 Å². The topological polar surface area (TPSA) is 105 Å². The molecule has 0 amide bonds. The number of aromatic hydroxyl groups is 1. The number of hydrogen-bond acceptors (Lipinski definition) is 7. The van der Waals surface area contributed by atoms with Crippen molar-refractivity contribution in [1.82, 2.24) is 14.3 Å². The molecule has 0 spiro atoms. The van der Waals surface area contributed by atoms with Gasteiger partial charge in [0.1, 0.15) is 29.4 Å². The van der Waals surface area contributed by atoms with Gasteiger partial charge < -0.3 is 19.3 Å². The molecule has 41 heavy (non-hydrogen) atoms. The Morgan fingerprint density at radius 3 is 2.41 bits per heavy atom. The number of phenolic OH excluding ortho intramolecular Hbond substituents is 1. The SMILES string of the molecule is CCCCOC(=O)n1nc(-c2cc3cc(O)ccc3n2C(=O)OC(C)(C)C)c2cc(OCc3ccccc3)ccc21. The van der Waals surface area contributed by atoms with Crippen molar-refractivity contribution >= 4 is 34.0 Å². The monoisotopic (exact) mass is 555 g/mol. The van der Waals surface area contributed by atoms with Crippen molar-refractivity contribution in [2.45, 2.75) is 52.7 Å². The summed E-state index contributed by atoms with van der Waals surface area (Å²) in [4.78, 5) is 26.6. The van der Waals surface area contributed by atoms with Crippen LogP contribution in [0, 0.1) is 0 Å². The molecule has 0 aliphatic heterocycles. The van der Waals surface area contributed by atoms with E-state index >= 15 is 0 Å². The average molecular weight is 556 g/mol. The van der Waals surface area contributed by atoms with E-state index in [0.717, 1.165) is 18.4 Å². The van der Waals surface area contributed by atoms with Gasteiger partial charge in [0.2, 0.25) is 0 Å². The van der Waals surface area contributed by atoms with Crippen LogP contribution in [0.2, 0.25) is 0 Å². The van der Waals surface area contributed by atoms with Crippen molar-refractivity contribution in [2.24, 2.45) is 0 Å². The minimum Gasteiger partial charge on any atom is -0.508 e. The van der Waals surface area contributed by atoms with E-state index in [1.807, 2.05) is 37.3 Å². The van der Waals surface area contributed by atoms with Gasteiger partial charge in [0, 0.05) is 10.8 Å². The molecule has 0 atom stereocenters. The first-order valence-corrected chi connectivity index (χ1v) is 13.6. The molecule has 0 saturated heterocycles. The zero-order valence-corrected chi connectivity index (χ0v) is 23.6. The third kappa shape index (κ3) is 6.04. The van der Waals surface area contributed by atoms with Gasteiger partial charge in [-0.1, -0.05) is 43.7 Å². The summed E-state index contributed by atoms with van der Waals surface area (Å²) in [5.41, 5.74) is 2.02. The van der Waals surface area contributed by atoms with Crippen LogP contribution in [-0.2, 0) is 16.1 Å². The van der Waals surface area contributed by atoms with E-state index in [2.05, 4.69) is 5.10 Å². The first-order valence-electron chi connectivity index (χ1n) is 13.6. The van der Waals surface area contributed by atoms with Gasteiger partial charge in [0.25, 0.3) is 0 Å². The van der Waals surface area contributed by atoms with Crippen molar-refractivity contribution in [2.75, 3.05) is 6.61 Å². The van der Waals surface area contributed by atoms with Gasteiger partial charge in [-0.15, -0.1) is 0 Å². The lowest BCUT2D eigenvalue weighted by atomic mass is 10.1. The number of fused-ring (bicyclic) bond motifs is 2. The fourth-order valence-corrected chi connectivity index (χ4v) is 4.50. The lowest BCUT2D eigenvalue weighted by Gasteiger charge is -2.20. The van der Waals surface area contributed by atoms with E-state index in [1.165, 1.54) is 15.3 Å². The van der Waals surface area contributed by atoms with Gasteiger partial charge in [-0.2, -0.15) is 9.78 Å². The number of unbranched alkanes of at least 4 members (excludes halogenated alkanes) is 1. The Kier molecular flexibility index (Phi) is 7.70. The van der Waals surface area contributed by atoms with Crippen LogP contribution < -0.4 is 4.74 Å². The molecule has 0 unspecified atom stereocenters. The highest BCUT2D eigenvalue weighted by molar-refractivity contribution is 6.03. The Hall–Kier alpha value is -4.79. The number of rotatable bonds is 7. The third-order valence-corrected chi connectivity index (χ3v) is 6.40. The molecule has 0 aliphatic rings. The summed E-state index contributed by atoms with van der Waals surface area (Å²) < 4.78 is 19.9. The fraction of sp³-hybridized carbons (Fsp3) is 0.281. The van der Waals surface area contributed by atoms with Crippen LogP contribution in [0.3, 0.4) is 0 Å². The summed E-state index contributed by atoms with van der Waals surface area (Å²) in [7, 11) is 0. The molecule has 3 aromatic carbocycles. The van der Waals surface area contributed by atoms with Gasteiger partial charge in [-0.05, 0) is 75.2 Å². The van der Waals surface area contributed by atoms with E-state index < -0.39 is 17.8 Å². The normalized spacial score (nSPS) is 11.6. The maximum absolute atomic E-state index is 13.5. The second-order valence-electron chi connectivity index (χ2n) is 10.8. The molecule has 0 radical (unpaired) electrons. The maximum atomic E-state index is 13.5. The Morgan fingerprint density at radius 1 is 0.927 bits per heavy atom. The smallest absolute Gasteiger partial charge is 0.435 e. The Labute approximate surface area is 237 Å². The van der Waals surface area contributed by atoms with Crippen molar-refractivity contribution < 1.29 is 28.9 Å². The lowest BCUT2D eigenvalue weighted by molar-refractivity contribution is 0.0547. The summed E-state index contributed by atoms with van der Waals surface area (Å²) in [6, 6.07) is 21.6. The number of aromatic nitrogens is 3. The molecule has 0 fully saturated rings. The molecule has 212 valence electrons. The molecule has 0 bridgehead atoms. The Morgan fingerprint density at radius 2 is 1.68 bits per heavy atom. The molecule has 5 rings (SSSR count). The number of benzene rings is 3. The molecule has 9 heteroatoms. The van der Waals surface area contributed by atoms with Crippen molar-refractivity contribution in [3.63, 3.8) is 0 Å².